The second kappa shape index (κ2) is 63.8. The number of carbonyl (C=O) groups excluding carboxylic acids is 2. The number of esters is 2. The highest BCUT2D eigenvalue weighted by Crippen LogP contribution is 2.16. The van der Waals surface area contributed by atoms with E-state index in [1.54, 1.807) is 0 Å². The first-order valence-corrected chi connectivity index (χ1v) is 31.4. The molecule has 0 spiro atoms. The molecule has 0 radical (unpaired) electrons. The number of unbranched alkanes of at least 4 members (excludes halogenated alkanes) is 28. The lowest BCUT2D eigenvalue weighted by Crippen LogP contribution is -2.30. The maximum absolute atomic E-state index is 12.9. The van der Waals surface area contributed by atoms with Gasteiger partial charge in [-0.3, -0.25) is 9.59 Å². The molecule has 0 heterocycles. The molecule has 0 saturated carbocycles. The highest BCUT2D eigenvalue weighted by Gasteiger charge is 2.17. The molecular formula is C69H118O5. The maximum atomic E-state index is 12.9. The van der Waals surface area contributed by atoms with Gasteiger partial charge in [-0.15, -0.1) is 0 Å². The van der Waals surface area contributed by atoms with Gasteiger partial charge in [0.15, 0.2) is 6.10 Å². The van der Waals surface area contributed by atoms with Crippen LogP contribution in [0.2, 0.25) is 0 Å². The van der Waals surface area contributed by atoms with Crippen molar-refractivity contribution in [2.75, 3.05) is 19.8 Å². The Morgan fingerprint density at radius 1 is 0.311 bits per heavy atom. The molecular weight excluding hydrogens is 909 g/mol. The Balaban J connectivity index is 4.40. The quantitative estimate of drug-likeness (QED) is 0.0345. The topological polar surface area (TPSA) is 61.8 Å². The molecule has 0 aromatic rings. The highest BCUT2D eigenvalue weighted by atomic mass is 16.6. The van der Waals surface area contributed by atoms with Crippen LogP contribution in [0.15, 0.2) is 109 Å². The summed E-state index contributed by atoms with van der Waals surface area (Å²) < 4.78 is 17.5. The van der Waals surface area contributed by atoms with Crippen molar-refractivity contribution in [1.29, 1.82) is 0 Å². The van der Waals surface area contributed by atoms with Crippen LogP contribution >= 0.6 is 0 Å². The summed E-state index contributed by atoms with van der Waals surface area (Å²) in [6, 6.07) is 0. The second-order valence-electron chi connectivity index (χ2n) is 20.6. The number of hydrogen-bond donors (Lipinski definition) is 0. The summed E-state index contributed by atoms with van der Waals surface area (Å²) in [7, 11) is 0. The summed E-state index contributed by atoms with van der Waals surface area (Å²) in [6.45, 7) is 7.62. The summed E-state index contributed by atoms with van der Waals surface area (Å²) >= 11 is 0. The van der Waals surface area contributed by atoms with Gasteiger partial charge in [0, 0.05) is 19.4 Å². The van der Waals surface area contributed by atoms with E-state index in [-0.39, 0.29) is 25.2 Å². The molecule has 1 atom stereocenters. The average Bonchev–Trinajstić information content (AvgIpc) is 3.40. The van der Waals surface area contributed by atoms with Crippen molar-refractivity contribution < 1.29 is 23.8 Å². The second-order valence-corrected chi connectivity index (χ2v) is 20.6. The Morgan fingerprint density at radius 2 is 0.635 bits per heavy atom. The Hall–Kier alpha value is -3.44. The minimum absolute atomic E-state index is 0.0380. The van der Waals surface area contributed by atoms with Gasteiger partial charge in [-0.25, -0.2) is 0 Å². The zero-order chi connectivity index (χ0) is 53.4. The van der Waals surface area contributed by atoms with E-state index in [1.807, 2.05) is 6.08 Å². The number of ether oxygens (including phenoxy) is 3. The molecule has 0 aliphatic rings. The van der Waals surface area contributed by atoms with E-state index in [2.05, 4.69) is 124 Å². The molecule has 0 aromatic carbocycles. The third-order valence-electron chi connectivity index (χ3n) is 13.3. The van der Waals surface area contributed by atoms with E-state index < -0.39 is 6.10 Å². The van der Waals surface area contributed by atoms with Gasteiger partial charge in [-0.05, 0) is 96.3 Å². The summed E-state index contributed by atoms with van der Waals surface area (Å²) in [6.07, 6.45) is 88.5. The van der Waals surface area contributed by atoms with E-state index in [9.17, 15) is 9.59 Å². The molecule has 0 N–H and O–H groups in total. The van der Waals surface area contributed by atoms with Crippen molar-refractivity contribution in [3.05, 3.63) is 109 Å². The van der Waals surface area contributed by atoms with E-state index in [4.69, 9.17) is 14.2 Å². The van der Waals surface area contributed by atoms with Crippen molar-refractivity contribution in [3.63, 3.8) is 0 Å². The van der Waals surface area contributed by atoms with Crippen molar-refractivity contribution in [2.45, 2.75) is 297 Å². The third-order valence-corrected chi connectivity index (χ3v) is 13.3. The molecule has 0 bridgehead atoms. The SMILES string of the molecule is CC/C=C\C/C=C\C/C=C\C/C=C\C/C=C\C/C=C\CCC(=O)OCC(COCCCCCCCCC/C=C\C/C=C\C/C=C\CCCCC)OC(=O)CCCCCCCCCCCCCCCCCCCCC. The fourth-order valence-electron chi connectivity index (χ4n) is 8.66. The van der Waals surface area contributed by atoms with Gasteiger partial charge in [-0.1, -0.05) is 291 Å². The van der Waals surface area contributed by atoms with E-state index >= 15 is 0 Å². The molecule has 0 rings (SSSR count). The molecule has 5 nitrogen and oxygen atoms in total. The summed E-state index contributed by atoms with van der Waals surface area (Å²) in [5.74, 6) is -0.493. The largest absolute Gasteiger partial charge is 0.462 e. The molecule has 1 unspecified atom stereocenters. The van der Waals surface area contributed by atoms with Crippen molar-refractivity contribution in [1.82, 2.24) is 0 Å². The van der Waals surface area contributed by atoms with E-state index in [0.717, 1.165) is 77.0 Å². The van der Waals surface area contributed by atoms with Crippen molar-refractivity contribution in [2.24, 2.45) is 0 Å². The number of allylic oxidation sites excluding steroid dienone is 18. The first-order chi connectivity index (χ1) is 36.6. The lowest BCUT2D eigenvalue weighted by Gasteiger charge is -2.18. The Labute approximate surface area is 459 Å². The van der Waals surface area contributed by atoms with Crippen LogP contribution in [0.5, 0.6) is 0 Å². The molecule has 0 fully saturated rings. The molecule has 0 amide bonds. The smallest absolute Gasteiger partial charge is 0.306 e. The van der Waals surface area contributed by atoms with Crippen LogP contribution in [-0.2, 0) is 23.8 Å². The zero-order valence-electron chi connectivity index (χ0n) is 48.8. The zero-order valence-corrected chi connectivity index (χ0v) is 48.8. The van der Waals surface area contributed by atoms with Crippen LogP contribution < -0.4 is 0 Å². The van der Waals surface area contributed by atoms with Gasteiger partial charge in [0.05, 0.1) is 6.61 Å². The summed E-state index contributed by atoms with van der Waals surface area (Å²) in [4.78, 5) is 25.6. The van der Waals surface area contributed by atoms with E-state index in [1.165, 1.54) is 173 Å². The van der Waals surface area contributed by atoms with Crippen LogP contribution in [0.4, 0.5) is 0 Å². The number of rotatable bonds is 57. The van der Waals surface area contributed by atoms with Crippen LogP contribution in [0.25, 0.3) is 0 Å². The molecule has 424 valence electrons. The summed E-state index contributed by atoms with van der Waals surface area (Å²) in [5.41, 5.74) is 0. The minimum atomic E-state index is -0.579. The molecule has 5 heteroatoms. The normalized spacial score (nSPS) is 13.0. The van der Waals surface area contributed by atoms with Crippen molar-refractivity contribution in [3.8, 4) is 0 Å². The first-order valence-electron chi connectivity index (χ1n) is 31.4. The fraction of sp³-hybridized carbons (Fsp3) is 0.710. The van der Waals surface area contributed by atoms with Crippen molar-refractivity contribution >= 4 is 11.9 Å². The van der Waals surface area contributed by atoms with Crippen LogP contribution in [0.1, 0.15) is 290 Å². The summed E-state index contributed by atoms with van der Waals surface area (Å²) in [5, 5.41) is 0. The maximum Gasteiger partial charge on any atom is 0.306 e. The highest BCUT2D eigenvalue weighted by molar-refractivity contribution is 5.70. The first kappa shape index (κ1) is 70.6. The molecule has 0 aliphatic heterocycles. The Bertz CT molecular complexity index is 1440. The minimum Gasteiger partial charge on any atom is -0.462 e. The van der Waals surface area contributed by atoms with Crippen LogP contribution in [-0.4, -0.2) is 37.9 Å². The Morgan fingerprint density at radius 3 is 1.05 bits per heavy atom. The molecule has 0 saturated heterocycles. The van der Waals surface area contributed by atoms with Gasteiger partial charge in [-0.2, -0.15) is 0 Å². The standard InChI is InChI=1S/C69H118O5/c1-4-7-10-13-16-19-22-25-28-31-34-37-40-43-46-49-52-55-58-61-64-72-65-67(74-69(71)63-60-57-54-51-48-45-42-39-36-33-30-27-24-21-18-15-12-9-6-3)66-73-68(70)62-59-56-53-50-47-44-41-38-35-32-29-26-23-20-17-14-11-8-5-2/h8,11,16-17,19-20,25-26,28-29,34-35,37-38,44,47,53,56,67H,4-7,9-10,12-15,18,21-24,27,30-33,36,39-43,45-46,48-52,54-55,57-66H2,1-3H3/b11-8-,19-16-,20-17-,28-25-,29-26-,37-34-,38-35-,47-44-,56-53-. The van der Waals surface area contributed by atoms with Gasteiger partial charge >= 0.3 is 11.9 Å². The molecule has 0 aromatic heterocycles. The Kier molecular flexibility index (Phi) is 60.9. The predicted octanol–water partition coefficient (Wildman–Crippen LogP) is 21.9. The van der Waals surface area contributed by atoms with E-state index in [0.29, 0.717) is 25.9 Å². The van der Waals surface area contributed by atoms with Crippen LogP contribution in [0, 0.1) is 0 Å². The average molecular weight is 1030 g/mol. The lowest BCUT2D eigenvalue weighted by molar-refractivity contribution is -0.162. The van der Waals surface area contributed by atoms with Gasteiger partial charge in [0.1, 0.15) is 6.61 Å². The monoisotopic (exact) mass is 1030 g/mol. The third kappa shape index (κ3) is 61.1. The van der Waals surface area contributed by atoms with Gasteiger partial charge < -0.3 is 14.2 Å². The molecule has 0 aliphatic carbocycles. The fourth-order valence-corrected chi connectivity index (χ4v) is 8.66. The number of hydrogen-bond acceptors (Lipinski definition) is 5. The molecule has 74 heavy (non-hydrogen) atoms. The lowest BCUT2D eigenvalue weighted by atomic mass is 10.0. The van der Waals surface area contributed by atoms with Crippen LogP contribution in [0.3, 0.4) is 0 Å². The number of carbonyl (C=O) groups is 2. The van der Waals surface area contributed by atoms with Gasteiger partial charge in [0.2, 0.25) is 0 Å². The van der Waals surface area contributed by atoms with Gasteiger partial charge in [0.25, 0.3) is 0 Å². The predicted molar refractivity (Wildman–Crippen MR) is 325 cm³/mol.